The minimum Gasteiger partial charge on any atom is -0.508 e. The molecule has 0 spiro atoms. The van der Waals surface area contributed by atoms with E-state index in [4.69, 9.17) is 5.11 Å². The van der Waals surface area contributed by atoms with Crippen molar-refractivity contribution in [3.05, 3.63) is 42.0 Å². The molecule has 70 valence electrons. The third-order valence-electron chi connectivity index (χ3n) is 1.94. The quantitative estimate of drug-likeness (QED) is 0.681. The minimum atomic E-state index is -0.956. The molecule has 0 aromatic heterocycles. The maximum Gasteiger partial charge on any atom is 0.115 e. The monoisotopic (exact) mass is 178 g/mol. The van der Waals surface area contributed by atoms with Gasteiger partial charge in [0.2, 0.25) is 0 Å². The van der Waals surface area contributed by atoms with Crippen molar-refractivity contribution in [3.63, 3.8) is 0 Å². The molecule has 0 aliphatic rings. The summed E-state index contributed by atoms with van der Waals surface area (Å²) in [7, 11) is 0. The molecule has 0 amide bonds. The van der Waals surface area contributed by atoms with Crippen LogP contribution in [0.15, 0.2) is 36.4 Å². The van der Waals surface area contributed by atoms with Crippen LogP contribution in [0.25, 0.3) is 0 Å². The van der Waals surface area contributed by atoms with Crippen LogP contribution in [0.1, 0.15) is 19.4 Å². The maximum atomic E-state index is 9.91. The second-order valence-electron chi connectivity index (χ2n) is 3.19. The summed E-state index contributed by atoms with van der Waals surface area (Å²) in [5.41, 5.74) is -0.189. The Kier molecular flexibility index (Phi) is 2.73. The highest BCUT2D eigenvalue weighted by molar-refractivity contribution is 5.31. The highest BCUT2D eigenvalue weighted by atomic mass is 16.3. The van der Waals surface area contributed by atoms with Crippen molar-refractivity contribution in [1.82, 2.24) is 0 Å². The fraction of sp³-hybridized carbons (Fsp3) is 0.273. The summed E-state index contributed by atoms with van der Waals surface area (Å²) in [6.07, 6.45) is 3.51. The second-order valence-corrected chi connectivity index (χ2v) is 3.19. The van der Waals surface area contributed by atoms with E-state index in [-0.39, 0.29) is 5.75 Å². The number of hydrogen-bond donors (Lipinski definition) is 2. The standard InChI is InChI=1S/C11H14O2/c1-3-8-11(2,13)9-4-6-10(12)7-5-9/h3-8,12-13H,1-2H3/b8-3+. The van der Waals surface area contributed by atoms with Crippen LogP contribution in [0.3, 0.4) is 0 Å². The molecule has 2 heteroatoms. The van der Waals surface area contributed by atoms with E-state index >= 15 is 0 Å². The van der Waals surface area contributed by atoms with Gasteiger partial charge >= 0.3 is 0 Å². The number of phenolic OH excluding ortho intramolecular Hbond substituents is 1. The van der Waals surface area contributed by atoms with Gasteiger partial charge < -0.3 is 10.2 Å². The van der Waals surface area contributed by atoms with Crippen LogP contribution in [0.2, 0.25) is 0 Å². The number of aliphatic hydroxyl groups is 1. The molecule has 2 N–H and O–H groups in total. The second kappa shape index (κ2) is 3.62. The zero-order chi connectivity index (χ0) is 9.90. The average molecular weight is 178 g/mol. The van der Waals surface area contributed by atoms with Crippen molar-refractivity contribution in [2.24, 2.45) is 0 Å². The van der Waals surface area contributed by atoms with Gasteiger partial charge in [-0.25, -0.2) is 0 Å². The fourth-order valence-electron chi connectivity index (χ4n) is 1.22. The third-order valence-corrected chi connectivity index (χ3v) is 1.94. The fourth-order valence-corrected chi connectivity index (χ4v) is 1.22. The Labute approximate surface area is 78.2 Å². The maximum absolute atomic E-state index is 9.91. The van der Waals surface area contributed by atoms with Crippen molar-refractivity contribution in [2.45, 2.75) is 19.4 Å². The topological polar surface area (TPSA) is 40.5 Å². The Hall–Kier alpha value is -1.28. The Morgan fingerprint density at radius 1 is 1.23 bits per heavy atom. The molecule has 0 bridgehead atoms. The van der Waals surface area contributed by atoms with Crippen LogP contribution >= 0.6 is 0 Å². The first kappa shape index (κ1) is 9.81. The average Bonchev–Trinajstić information content (AvgIpc) is 2.05. The van der Waals surface area contributed by atoms with Crippen molar-refractivity contribution < 1.29 is 10.2 Å². The van der Waals surface area contributed by atoms with Crippen LogP contribution in [-0.4, -0.2) is 10.2 Å². The van der Waals surface area contributed by atoms with E-state index in [1.807, 2.05) is 6.92 Å². The minimum absolute atomic E-state index is 0.208. The number of aromatic hydroxyl groups is 1. The van der Waals surface area contributed by atoms with Crippen molar-refractivity contribution in [1.29, 1.82) is 0 Å². The van der Waals surface area contributed by atoms with Gasteiger partial charge in [0, 0.05) is 0 Å². The molecule has 0 saturated carbocycles. The summed E-state index contributed by atoms with van der Waals surface area (Å²) in [5, 5.41) is 19.0. The predicted octanol–water partition coefficient (Wildman–Crippen LogP) is 2.18. The summed E-state index contributed by atoms with van der Waals surface area (Å²) < 4.78 is 0. The first-order chi connectivity index (χ1) is 6.06. The summed E-state index contributed by atoms with van der Waals surface area (Å²) in [6, 6.07) is 6.53. The first-order valence-corrected chi connectivity index (χ1v) is 4.22. The number of rotatable bonds is 2. The van der Waals surface area contributed by atoms with Crippen LogP contribution < -0.4 is 0 Å². The molecule has 0 saturated heterocycles. The van der Waals surface area contributed by atoms with Gasteiger partial charge in [-0.15, -0.1) is 0 Å². The van der Waals surface area contributed by atoms with E-state index < -0.39 is 5.60 Å². The third kappa shape index (κ3) is 2.33. The highest BCUT2D eigenvalue weighted by Crippen LogP contribution is 2.23. The summed E-state index contributed by atoms with van der Waals surface area (Å²) in [4.78, 5) is 0. The van der Waals surface area contributed by atoms with E-state index in [0.717, 1.165) is 5.56 Å². The summed E-state index contributed by atoms with van der Waals surface area (Å²) in [5.74, 6) is 0.208. The predicted molar refractivity (Wildman–Crippen MR) is 52.5 cm³/mol. The molecule has 1 aromatic carbocycles. The lowest BCUT2D eigenvalue weighted by Gasteiger charge is -2.19. The van der Waals surface area contributed by atoms with E-state index in [2.05, 4.69) is 0 Å². The van der Waals surface area contributed by atoms with Gasteiger partial charge in [0.25, 0.3) is 0 Å². The smallest absolute Gasteiger partial charge is 0.115 e. The van der Waals surface area contributed by atoms with E-state index in [9.17, 15) is 5.11 Å². The molecule has 0 heterocycles. The summed E-state index contributed by atoms with van der Waals surface area (Å²) >= 11 is 0. The Morgan fingerprint density at radius 3 is 2.23 bits per heavy atom. The lowest BCUT2D eigenvalue weighted by molar-refractivity contribution is 0.111. The molecule has 1 unspecified atom stereocenters. The van der Waals surface area contributed by atoms with E-state index in [1.54, 1.807) is 43.3 Å². The summed E-state index contributed by atoms with van der Waals surface area (Å²) in [6.45, 7) is 3.56. The van der Waals surface area contributed by atoms with Gasteiger partial charge in [0.1, 0.15) is 11.4 Å². The number of phenols is 1. The lowest BCUT2D eigenvalue weighted by Crippen LogP contribution is -2.17. The van der Waals surface area contributed by atoms with Crippen LogP contribution in [0.4, 0.5) is 0 Å². The van der Waals surface area contributed by atoms with Gasteiger partial charge in [-0.1, -0.05) is 24.3 Å². The molecular formula is C11H14O2. The van der Waals surface area contributed by atoms with Gasteiger partial charge in [0.05, 0.1) is 0 Å². The molecule has 1 rings (SSSR count). The van der Waals surface area contributed by atoms with Gasteiger partial charge in [-0.3, -0.25) is 0 Å². The Balaban J connectivity index is 3.00. The molecular weight excluding hydrogens is 164 g/mol. The van der Waals surface area contributed by atoms with Gasteiger partial charge in [-0.2, -0.15) is 0 Å². The molecule has 1 aromatic rings. The van der Waals surface area contributed by atoms with Crippen LogP contribution in [0.5, 0.6) is 5.75 Å². The molecule has 2 nitrogen and oxygen atoms in total. The molecule has 0 fully saturated rings. The number of hydrogen-bond acceptors (Lipinski definition) is 2. The Bertz CT molecular complexity index is 296. The highest BCUT2D eigenvalue weighted by Gasteiger charge is 2.18. The normalized spacial score (nSPS) is 15.9. The lowest BCUT2D eigenvalue weighted by atomic mass is 9.96. The largest absolute Gasteiger partial charge is 0.508 e. The van der Waals surface area contributed by atoms with Gasteiger partial charge in [-0.05, 0) is 31.5 Å². The van der Waals surface area contributed by atoms with Gasteiger partial charge in [0.15, 0.2) is 0 Å². The SMILES string of the molecule is C/C=C/C(C)(O)c1ccc(O)cc1. The Morgan fingerprint density at radius 2 is 1.77 bits per heavy atom. The molecule has 0 radical (unpaired) electrons. The molecule has 0 aliphatic carbocycles. The van der Waals surface area contributed by atoms with Crippen LogP contribution in [-0.2, 0) is 5.60 Å². The molecule has 13 heavy (non-hydrogen) atoms. The zero-order valence-corrected chi connectivity index (χ0v) is 7.86. The zero-order valence-electron chi connectivity index (χ0n) is 7.86. The van der Waals surface area contributed by atoms with E-state index in [1.165, 1.54) is 0 Å². The first-order valence-electron chi connectivity index (χ1n) is 4.22. The number of allylic oxidation sites excluding steroid dienone is 1. The molecule has 1 atom stereocenters. The van der Waals surface area contributed by atoms with E-state index in [0.29, 0.717) is 0 Å². The van der Waals surface area contributed by atoms with Crippen LogP contribution in [0, 0.1) is 0 Å². The number of benzene rings is 1. The van der Waals surface area contributed by atoms with Crippen molar-refractivity contribution in [3.8, 4) is 5.75 Å². The van der Waals surface area contributed by atoms with Crippen molar-refractivity contribution >= 4 is 0 Å². The molecule has 0 aliphatic heterocycles. The van der Waals surface area contributed by atoms with Crippen molar-refractivity contribution in [2.75, 3.05) is 0 Å².